The summed E-state index contributed by atoms with van der Waals surface area (Å²) >= 11 is 0. The molecule has 7 heteroatoms. The van der Waals surface area contributed by atoms with Gasteiger partial charge in [-0.2, -0.15) is 5.10 Å². The van der Waals surface area contributed by atoms with Gasteiger partial charge in [-0.3, -0.25) is 19.6 Å². The molecule has 4 saturated carbocycles. The highest BCUT2D eigenvalue weighted by molar-refractivity contribution is 5.97. The number of rotatable bonds is 3. The molecule has 4 bridgehead atoms. The zero-order chi connectivity index (χ0) is 17.2. The third-order valence-electron chi connectivity index (χ3n) is 6.60. The molecule has 1 amide bonds. The maximum Gasteiger partial charge on any atom is 0.322 e. The number of carbonyl (C=O) groups is 1. The number of nitro groups is 1. The van der Waals surface area contributed by atoms with Crippen LogP contribution >= 0.6 is 0 Å². The van der Waals surface area contributed by atoms with Gasteiger partial charge in [0, 0.05) is 19.6 Å². The third kappa shape index (κ3) is 2.09. The molecule has 0 unspecified atom stereocenters. The molecule has 0 aromatic carbocycles. The van der Waals surface area contributed by atoms with Crippen molar-refractivity contribution in [3.63, 3.8) is 0 Å². The molecule has 4 aliphatic carbocycles. The summed E-state index contributed by atoms with van der Waals surface area (Å²) in [6.07, 6.45) is 7.04. The van der Waals surface area contributed by atoms with Crippen LogP contribution in [-0.4, -0.2) is 38.1 Å². The fraction of sp³-hybridized carbons (Fsp3) is 0.765. The van der Waals surface area contributed by atoms with Crippen LogP contribution in [0.25, 0.3) is 0 Å². The highest BCUT2D eigenvalue weighted by atomic mass is 16.6. The second-order valence-corrected chi connectivity index (χ2v) is 8.17. The monoisotopic (exact) mass is 332 g/mol. The van der Waals surface area contributed by atoms with E-state index in [-0.39, 0.29) is 22.8 Å². The third-order valence-corrected chi connectivity index (χ3v) is 6.60. The van der Waals surface area contributed by atoms with E-state index in [0.29, 0.717) is 5.69 Å². The molecule has 4 aliphatic rings. The van der Waals surface area contributed by atoms with Crippen LogP contribution in [-0.2, 0) is 7.05 Å². The summed E-state index contributed by atoms with van der Waals surface area (Å²) in [7, 11) is 3.45. The lowest BCUT2D eigenvalue weighted by Gasteiger charge is -2.59. The zero-order valence-electron chi connectivity index (χ0n) is 14.5. The summed E-state index contributed by atoms with van der Waals surface area (Å²) < 4.78 is 1.37. The standard InChI is InChI=1S/C17H24N4O3/c1-10-14(21(23)24)15(20(3)18-10)16(22)19(2)17-7-11-4-12(8-17)6-13(5-11)9-17/h11-13H,4-9H2,1-3H3. The van der Waals surface area contributed by atoms with Crippen molar-refractivity contribution in [2.24, 2.45) is 24.8 Å². The SMILES string of the molecule is Cc1nn(C)c(C(=O)N(C)C23CC4CC(CC(C4)C2)C3)c1[N+](=O)[O-]. The molecule has 0 N–H and O–H groups in total. The molecular formula is C17H24N4O3. The predicted octanol–water partition coefficient (Wildman–Crippen LogP) is 2.68. The van der Waals surface area contributed by atoms with Crippen LogP contribution < -0.4 is 0 Å². The number of hydrogen-bond donors (Lipinski definition) is 0. The van der Waals surface area contributed by atoms with Crippen LogP contribution in [0.15, 0.2) is 0 Å². The summed E-state index contributed by atoms with van der Waals surface area (Å²) in [5.74, 6) is 1.89. The van der Waals surface area contributed by atoms with Gasteiger partial charge >= 0.3 is 5.69 Å². The minimum atomic E-state index is -0.483. The molecule has 0 spiro atoms. The van der Waals surface area contributed by atoms with E-state index in [1.165, 1.54) is 23.9 Å². The Morgan fingerprint density at radius 3 is 2.21 bits per heavy atom. The number of hydrogen-bond acceptors (Lipinski definition) is 4. The second kappa shape index (κ2) is 5.04. The normalized spacial score (nSPS) is 33.7. The van der Waals surface area contributed by atoms with Gasteiger partial charge < -0.3 is 4.90 Å². The van der Waals surface area contributed by atoms with Crippen LogP contribution in [0.2, 0.25) is 0 Å². The molecule has 0 radical (unpaired) electrons. The Bertz CT molecular complexity index is 688. The van der Waals surface area contributed by atoms with E-state index in [1.54, 1.807) is 14.0 Å². The molecule has 1 aromatic heterocycles. The van der Waals surface area contributed by atoms with E-state index < -0.39 is 4.92 Å². The molecule has 1 heterocycles. The first-order chi connectivity index (χ1) is 11.3. The lowest BCUT2D eigenvalue weighted by atomic mass is 9.52. The topological polar surface area (TPSA) is 81.3 Å². The van der Waals surface area contributed by atoms with Gasteiger partial charge in [0.05, 0.1) is 4.92 Å². The van der Waals surface area contributed by atoms with Crippen molar-refractivity contribution in [1.29, 1.82) is 0 Å². The van der Waals surface area contributed by atoms with Crippen LogP contribution in [0.5, 0.6) is 0 Å². The van der Waals surface area contributed by atoms with E-state index in [4.69, 9.17) is 0 Å². The molecule has 0 atom stereocenters. The number of nitrogens with zero attached hydrogens (tertiary/aromatic N) is 4. The Morgan fingerprint density at radius 1 is 1.25 bits per heavy atom. The molecule has 0 aliphatic heterocycles. The van der Waals surface area contributed by atoms with Gasteiger partial charge in [-0.15, -0.1) is 0 Å². The molecule has 24 heavy (non-hydrogen) atoms. The molecule has 0 saturated heterocycles. The number of carbonyl (C=O) groups excluding carboxylic acids is 1. The van der Waals surface area contributed by atoms with Crippen molar-refractivity contribution in [1.82, 2.24) is 14.7 Å². The van der Waals surface area contributed by atoms with Gasteiger partial charge in [-0.1, -0.05) is 0 Å². The number of aryl methyl sites for hydroxylation is 2. The van der Waals surface area contributed by atoms with Crippen LogP contribution in [0.3, 0.4) is 0 Å². The van der Waals surface area contributed by atoms with Crippen molar-refractivity contribution in [2.75, 3.05) is 7.05 Å². The quantitative estimate of drug-likeness (QED) is 0.629. The van der Waals surface area contributed by atoms with Gasteiger partial charge in [0.1, 0.15) is 5.69 Å². The molecule has 130 valence electrons. The van der Waals surface area contributed by atoms with Crippen LogP contribution in [0.4, 0.5) is 5.69 Å². The maximum atomic E-state index is 13.2. The summed E-state index contributed by atoms with van der Waals surface area (Å²) in [5, 5.41) is 15.5. The largest absolute Gasteiger partial charge is 0.334 e. The summed E-state index contributed by atoms with van der Waals surface area (Å²) in [4.78, 5) is 25.9. The Labute approximate surface area is 141 Å². The van der Waals surface area contributed by atoms with Crippen molar-refractivity contribution in [3.05, 3.63) is 21.5 Å². The van der Waals surface area contributed by atoms with E-state index in [1.807, 2.05) is 11.9 Å². The zero-order valence-corrected chi connectivity index (χ0v) is 14.5. The first-order valence-electron chi connectivity index (χ1n) is 8.77. The summed E-state index contributed by atoms with van der Waals surface area (Å²) in [5.41, 5.74) is 0.136. The summed E-state index contributed by atoms with van der Waals surface area (Å²) in [6.45, 7) is 1.58. The average molecular weight is 332 g/mol. The van der Waals surface area contributed by atoms with Gasteiger partial charge in [0.25, 0.3) is 5.91 Å². The van der Waals surface area contributed by atoms with E-state index in [9.17, 15) is 14.9 Å². The fourth-order valence-corrected chi connectivity index (χ4v) is 5.96. The smallest absolute Gasteiger partial charge is 0.322 e. The number of aromatic nitrogens is 2. The Balaban J connectivity index is 1.70. The van der Waals surface area contributed by atoms with Gasteiger partial charge in [-0.05, 0) is 63.2 Å². The van der Waals surface area contributed by atoms with E-state index in [2.05, 4.69) is 5.10 Å². The Kier molecular flexibility index (Phi) is 3.27. The van der Waals surface area contributed by atoms with Gasteiger partial charge in [0.2, 0.25) is 5.69 Å². The fourth-order valence-electron chi connectivity index (χ4n) is 5.96. The first-order valence-corrected chi connectivity index (χ1v) is 8.77. The second-order valence-electron chi connectivity index (χ2n) is 8.17. The predicted molar refractivity (Wildman–Crippen MR) is 87.6 cm³/mol. The van der Waals surface area contributed by atoms with Gasteiger partial charge in [0.15, 0.2) is 0 Å². The average Bonchev–Trinajstić information content (AvgIpc) is 2.78. The molecular weight excluding hydrogens is 308 g/mol. The Morgan fingerprint density at radius 2 is 1.75 bits per heavy atom. The lowest BCUT2D eigenvalue weighted by molar-refractivity contribution is -0.385. The van der Waals surface area contributed by atoms with Gasteiger partial charge in [-0.25, -0.2) is 0 Å². The van der Waals surface area contributed by atoms with Crippen molar-refractivity contribution in [3.8, 4) is 0 Å². The van der Waals surface area contributed by atoms with Crippen LogP contribution in [0.1, 0.15) is 54.7 Å². The van der Waals surface area contributed by atoms with Crippen molar-refractivity contribution >= 4 is 11.6 Å². The van der Waals surface area contributed by atoms with E-state index in [0.717, 1.165) is 37.0 Å². The number of amides is 1. The highest BCUT2D eigenvalue weighted by Gasteiger charge is 2.54. The van der Waals surface area contributed by atoms with Crippen LogP contribution in [0, 0.1) is 34.8 Å². The highest BCUT2D eigenvalue weighted by Crippen LogP contribution is 2.57. The summed E-state index contributed by atoms with van der Waals surface area (Å²) in [6, 6.07) is 0. The minimum absolute atomic E-state index is 0.107. The lowest BCUT2D eigenvalue weighted by Crippen LogP contribution is -2.60. The Hall–Kier alpha value is -1.92. The maximum absolute atomic E-state index is 13.2. The van der Waals surface area contributed by atoms with Crippen molar-refractivity contribution < 1.29 is 9.72 Å². The molecule has 1 aromatic rings. The first kappa shape index (κ1) is 15.6. The van der Waals surface area contributed by atoms with E-state index >= 15 is 0 Å². The molecule has 7 nitrogen and oxygen atoms in total. The minimum Gasteiger partial charge on any atom is -0.334 e. The molecule has 4 fully saturated rings. The molecule has 5 rings (SSSR count). The van der Waals surface area contributed by atoms with Crippen molar-refractivity contribution in [2.45, 2.75) is 51.0 Å².